The standard InChI is InChI=1S/C17H27N3O/c1-4-20-9-7-15(8-10-20)11-17(21)19-14(3)16-6-5-13(2)18-12-16/h5-6,12,14-15H,4,7-11H2,1-3H3,(H,19,21). The Morgan fingerprint density at radius 3 is 2.71 bits per heavy atom. The molecule has 1 aliphatic heterocycles. The van der Waals surface area contributed by atoms with E-state index in [9.17, 15) is 4.79 Å². The number of hydrogen-bond acceptors (Lipinski definition) is 3. The van der Waals surface area contributed by atoms with Crippen LogP contribution in [-0.2, 0) is 4.79 Å². The van der Waals surface area contributed by atoms with E-state index in [0.29, 0.717) is 12.3 Å². The predicted octanol–water partition coefficient (Wildman–Crippen LogP) is 2.69. The summed E-state index contributed by atoms with van der Waals surface area (Å²) in [6.45, 7) is 9.57. The first-order valence-corrected chi connectivity index (χ1v) is 8.02. The normalized spacial score (nSPS) is 18.4. The van der Waals surface area contributed by atoms with Crippen molar-refractivity contribution < 1.29 is 4.79 Å². The summed E-state index contributed by atoms with van der Waals surface area (Å²) in [5.41, 5.74) is 2.06. The minimum atomic E-state index is 0.0290. The monoisotopic (exact) mass is 289 g/mol. The number of hydrogen-bond donors (Lipinski definition) is 1. The summed E-state index contributed by atoms with van der Waals surface area (Å²) in [5, 5.41) is 3.10. The number of carbonyl (C=O) groups is 1. The number of pyridine rings is 1. The van der Waals surface area contributed by atoms with Gasteiger partial charge in [0, 0.05) is 18.3 Å². The Labute approximate surface area is 127 Å². The van der Waals surface area contributed by atoms with E-state index in [2.05, 4.69) is 22.1 Å². The third-order valence-corrected chi connectivity index (χ3v) is 4.44. The van der Waals surface area contributed by atoms with Gasteiger partial charge in [-0.05, 0) is 63.9 Å². The van der Waals surface area contributed by atoms with E-state index < -0.39 is 0 Å². The zero-order chi connectivity index (χ0) is 15.2. The van der Waals surface area contributed by atoms with Crippen LogP contribution < -0.4 is 5.32 Å². The third-order valence-electron chi connectivity index (χ3n) is 4.44. The molecule has 4 heteroatoms. The van der Waals surface area contributed by atoms with Gasteiger partial charge < -0.3 is 10.2 Å². The molecular weight excluding hydrogens is 262 g/mol. The minimum Gasteiger partial charge on any atom is -0.350 e. The highest BCUT2D eigenvalue weighted by Crippen LogP contribution is 2.21. The highest BCUT2D eigenvalue weighted by molar-refractivity contribution is 5.76. The van der Waals surface area contributed by atoms with Crippen LogP contribution >= 0.6 is 0 Å². The van der Waals surface area contributed by atoms with E-state index in [0.717, 1.165) is 43.7 Å². The lowest BCUT2D eigenvalue weighted by molar-refractivity contribution is -0.123. The fourth-order valence-electron chi connectivity index (χ4n) is 2.89. The number of carbonyl (C=O) groups excluding carboxylic acids is 1. The summed E-state index contributed by atoms with van der Waals surface area (Å²) in [5.74, 6) is 0.703. The molecule has 21 heavy (non-hydrogen) atoms. The van der Waals surface area contributed by atoms with Crippen molar-refractivity contribution in [3.05, 3.63) is 29.6 Å². The largest absolute Gasteiger partial charge is 0.350 e. The molecule has 0 aliphatic carbocycles. The zero-order valence-corrected chi connectivity index (χ0v) is 13.4. The van der Waals surface area contributed by atoms with Crippen molar-refractivity contribution in [3.8, 4) is 0 Å². The molecule has 1 amide bonds. The highest BCUT2D eigenvalue weighted by atomic mass is 16.1. The van der Waals surface area contributed by atoms with Gasteiger partial charge in [0.05, 0.1) is 6.04 Å². The van der Waals surface area contributed by atoms with E-state index in [1.165, 1.54) is 0 Å². The maximum atomic E-state index is 12.2. The Morgan fingerprint density at radius 1 is 1.43 bits per heavy atom. The number of aromatic nitrogens is 1. The molecule has 1 unspecified atom stereocenters. The van der Waals surface area contributed by atoms with Crippen LogP contribution in [0.1, 0.15) is 50.4 Å². The summed E-state index contributed by atoms with van der Waals surface area (Å²) >= 11 is 0. The molecule has 1 N–H and O–H groups in total. The molecule has 1 aromatic heterocycles. The predicted molar refractivity (Wildman–Crippen MR) is 85.0 cm³/mol. The van der Waals surface area contributed by atoms with Gasteiger partial charge in [0.2, 0.25) is 5.91 Å². The van der Waals surface area contributed by atoms with Gasteiger partial charge in [0.1, 0.15) is 0 Å². The molecule has 116 valence electrons. The molecule has 1 saturated heterocycles. The molecule has 0 radical (unpaired) electrons. The van der Waals surface area contributed by atoms with Crippen molar-refractivity contribution in [1.82, 2.24) is 15.2 Å². The van der Waals surface area contributed by atoms with E-state index in [4.69, 9.17) is 0 Å². The number of likely N-dealkylation sites (tertiary alicyclic amines) is 1. The molecule has 0 bridgehead atoms. The van der Waals surface area contributed by atoms with Crippen LogP contribution in [0.25, 0.3) is 0 Å². The number of nitrogens with one attached hydrogen (secondary N) is 1. The summed E-state index contributed by atoms with van der Waals surface area (Å²) in [7, 11) is 0. The van der Waals surface area contributed by atoms with Crippen LogP contribution in [0, 0.1) is 12.8 Å². The second kappa shape index (κ2) is 7.55. The van der Waals surface area contributed by atoms with Crippen LogP contribution in [0.15, 0.2) is 18.3 Å². The lowest BCUT2D eigenvalue weighted by Gasteiger charge is -2.30. The van der Waals surface area contributed by atoms with E-state index in [-0.39, 0.29) is 11.9 Å². The molecule has 0 aromatic carbocycles. The van der Waals surface area contributed by atoms with Crippen LogP contribution in [0.2, 0.25) is 0 Å². The number of amides is 1. The molecule has 1 fully saturated rings. The average Bonchev–Trinajstić information content (AvgIpc) is 2.48. The Morgan fingerprint density at radius 2 is 2.14 bits per heavy atom. The molecular formula is C17H27N3O. The molecule has 2 rings (SSSR count). The molecule has 4 nitrogen and oxygen atoms in total. The van der Waals surface area contributed by atoms with Crippen molar-refractivity contribution >= 4 is 5.91 Å². The molecule has 1 aromatic rings. The van der Waals surface area contributed by atoms with Crippen molar-refractivity contribution in [2.45, 2.75) is 46.1 Å². The van der Waals surface area contributed by atoms with Gasteiger partial charge in [0.15, 0.2) is 0 Å². The van der Waals surface area contributed by atoms with Crippen LogP contribution in [0.4, 0.5) is 0 Å². The Kier molecular flexibility index (Phi) is 5.74. The first-order chi connectivity index (χ1) is 10.1. The summed E-state index contributed by atoms with van der Waals surface area (Å²) in [6.07, 6.45) is 4.78. The smallest absolute Gasteiger partial charge is 0.220 e. The first kappa shape index (κ1) is 16.0. The lowest BCUT2D eigenvalue weighted by atomic mass is 9.93. The SMILES string of the molecule is CCN1CCC(CC(=O)NC(C)c2ccc(C)nc2)CC1. The van der Waals surface area contributed by atoms with Gasteiger partial charge in [0.25, 0.3) is 0 Å². The second-order valence-electron chi connectivity index (χ2n) is 6.10. The first-order valence-electron chi connectivity index (χ1n) is 8.02. The van der Waals surface area contributed by atoms with E-state index in [1.54, 1.807) is 0 Å². The number of piperidine rings is 1. The van der Waals surface area contributed by atoms with Crippen LogP contribution in [0.3, 0.4) is 0 Å². The summed E-state index contributed by atoms with van der Waals surface area (Å²) in [4.78, 5) is 18.9. The van der Waals surface area contributed by atoms with Crippen molar-refractivity contribution in [2.75, 3.05) is 19.6 Å². The van der Waals surface area contributed by atoms with Gasteiger partial charge in [-0.25, -0.2) is 0 Å². The van der Waals surface area contributed by atoms with Gasteiger partial charge in [-0.2, -0.15) is 0 Å². The fraction of sp³-hybridized carbons (Fsp3) is 0.647. The third kappa shape index (κ3) is 4.81. The number of nitrogens with zero attached hydrogens (tertiary/aromatic N) is 2. The van der Waals surface area contributed by atoms with Crippen LogP contribution in [-0.4, -0.2) is 35.4 Å². The lowest BCUT2D eigenvalue weighted by Crippen LogP contribution is -2.36. The van der Waals surface area contributed by atoms with Crippen molar-refractivity contribution in [2.24, 2.45) is 5.92 Å². The van der Waals surface area contributed by atoms with Crippen LogP contribution in [0.5, 0.6) is 0 Å². The average molecular weight is 289 g/mol. The van der Waals surface area contributed by atoms with Gasteiger partial charge in [-0.1, -0.05) is 13.0 Å². The summed E-state index contributed by atoms with van der Waals surface area (Å²) in [6, 6.07) is 4.05. The maximum Gasteiger partial charge on any atom is 0.220 e. The zero-order valence-electron chi connectivity index (χ0n) is 13.4. The topological polar surface area (TPSA) is 45.2 Å². The Hall–Kier alpha value is -1.42. The van der Waals surface area contributed by atoms with Crippen molar-refractivity contribution in [3.63, 3.8) is 0 Å². The highest BCUT2D eigenvalue weighted by Gasteiger charge is 2.21. The van der Waals surface area contributed by atoms with Gasteiger partial charge in [-0.3, -0.25) is 9.78 Å². The number of rotatable bonds is 5. The molecule has 1 atom stereocenters. The molecule has 0 spiro atoms. The van der Waals surface area contributed by atoms with Gasteiger partial charge in [-0.15, -0.1) is 0 Å². The van der Waals surface area contributed by atoms with Gasteiger partial charge >= 0.3 is 0 Å². The molecule has 2 heterocycles. The summed E-state index contributed by atoms with van der Waals surface area (Å²) < 4.78 is 0. The molecule has 1 aliphatic rings. The Bertz CT molecular complexity index is 450. The maximum absolute atomic E-state index is 12.2. The second-order valence-corrected chi connectivity index (χ2v) is 6.10. The minimum absolute atomic E-state index is 0.0290. The molecule has 0 saturated carbocycles. The van der Waals surface area contributed by atoms with E-state index >= 15 is 0 Å². The Balaban J connectivity index is 1.78. The van der Waals surface area contributed by atoms with Crippen molar-refractivity contribution in [1.29, 1.82) is 0 Å². The fourth-order valence-corrected chi connectivity index (χ4v) is 2.89. The van der Waals surface area contributed by atoms with E-state index in [1.807, 2.05) is 32.2 Å². The quantitative estimate of drug-likeness (QED) is 0.906. The number of aryl methyl sites for hydroxylation is 1.